The van der Waals surface area contributed by atoms with Gasteiger partial charge in [0.2, 0.25) is 0 Å². The number of ether oxygens (including phenoxy) is 1. The summed E-state index contributed by atoms with van der Waals surface area (Å²) in [4.78, 5) is 24.7. The molecule has 2 aromatic carbocycles. The Bertz CT molecular complexity index is 672. The van der Waals surface area contributed by atoms with Crippen molar-refractivity contribution in [1.29, 1.82) is 0 Å². The van der Waals surface area contributed by atoms with Crippen molar-refractivity contribution in [3.63, 3.8) is 0 Å². The van der Waals surface area contributed by atoms with Crippen molar-refractivity contribution in [3.05, 3.63) is 66.7 Å². The molecule has 2 aromatic rings. The van der Waals surface area contributed by atoms with E-state index in [4.69, 9.17) is 4.74 Å². The van der Waals surface area contributed by atoms with Gasteiger partial charge in [-0.3, -0.25) is 4.79 Å². The van der Waals surface area contributed by atoms with E-state index in [-0.39, 0.29) is 5.78 Å². The van der Waals surface area contributed by atoms with Gasteiger partial charge in [0.25, 0.3) is 0 Å². The van der Waals surface area contributed by atoms with Crippen LogP contribution in [-0.4, -0.2) is 11.8 Å². The smallest absolute Gasteiger partial charge is 0.335 e. The van der Waals surface area contributed by atoms with Gasteiger partial charge in [-0.2, -0.15) is 0 Å². The van der Waals surface area contributed by atoms with E-state index in [9.17, 15) is 9.59 Å². The topological polar surface area (TPSA) is 43.4 Å². The van der Waals surface area contributed by atoms with Crippen LogP contribution < -0.4 is 4.74 Å². The Balaban J connectivity index is 2.03. The van der Waals surface area contributed by atoms with Gasteiger partial charge in [-0.05, 0) is 36.4 Å². The second-order valence-electron chi connectivity index (χ2n) is 4.50. The molecule has 22 heavy (non-hydrogen) atoms. The molecular formula is C18H16O3S. The molecule has 0 aliphatic rings. The first-order chi connectivity index (χ1) is 10.6. The van der Waals surface area contributed by atoms with Crippen LogP contribution in [0.3, 0.4) is 0 Å². The molecule has 0 saturated carbocycles. The van der Waals surface area contributed by atoms with E-state index in [1.165, 1.54) is 0 Å². The zero-order chi connectivity index (χ0) is 15.9. The fourth-order valence-electron chi connectivity index (χ4n) is 1.78. The standard InChI is InChI=1S/C18H16O3S/c1-3-17(19)13-5-9-15(10-6-13)22-16-11-7-14(8-12-16)21-18(20)4-2/h4-12H,2-3H2,1H3. The molecule has 0 heterocycles. The average Bonchev–Trinajstić information content (AvgIpc) is 2.56. The summed E-state index contributed by atoms with van der Waals surface area (Å²) in [5.74, 6) is 0.152. The van der Waals surface area contributed by atoms with E-state index < -0.39 is 5.97 Å². The molecule has 0 bridgehead atoms. The van der Waals surface area contributed by atoms with Gasteiger partial charge in [-0.15, -0.1) is 0 Å². The maximum absolute atomic E-state index is 11.6. The van der Waals surface area contributed by atoms with Crippen LogP contribution in [0, 0.1) is 0 Å². The minimum atomic E-state index is -0.475. The van der Waals surface area contributed by atoms with E-state index >= 15 is 0 Å². The van der Waals surface area contributed by atoms with Gasteiger partial charge in [0.1, 0.15) is 5.75 Å². The van der Waals surface area contributed by atoms with Crippen molar-refractivity contribution in [3.8, 4) is 5.75 Å². The third kappa shape index (κ3) is 4.33. The zero-order valence-corrected chi connectivity index (χ0v) is 13.1. The van der Waals surface area contributed by atoms with Crippen molar-refractivity contribution in [2.24, 2.45) is 0 Å². The highest BCUT2D eigenvalue weighted by molar-refractivity contribution is 7.99. The van der Waals surface area contributed by atoms with E-state index in [0.29, 0.717) is 12.2 Å². The Hall–Kier alpha value is -2.33. The van der Waals surface area contributed by atoms with Crippen LogP contribution in [0.5, 0.6) is 5.75 Å². The number of benzene rings is 2. The van der Waals surface area contributed by atoms with Crippen molar-refractivity contribution in [2.75, 3.05) is 0 Å². The molecule has 2 rings (SSSR count). The molecule has 0 radical (unpaired) electrons. The summed E-state index contributed by atoms with van der Waals surface area (Å²) in [5.41, 5.74) is 0.735. The molecule has 0 amide bonds. The van der Waals surface area contributed by atoms with Gasteiger partial charge in [0, 0.05) is 27.9 Å². The maximum Gasteiger partial charge on any atom is 0.335 e. The molecule has 0 aromatic heterocycles. The van der Waals surface area contributed by atoms with E-state index in [0.717, 1.165) is 21.4 Å². The predicted molar refractivity (Wildman–Crippen MR) is 87.5 cm³/mol. The molecular weight excluding hydrogens is 296 g/mol. The normalized spacial score (nSPS) is 10.0. The maximum atomic E-state index is 11.6. The van der Waals surface area contributed by atoms with E-state index in [1.807, 2.05) is 43.3 Å². The number of hydrogen-bond donors (Lipinski definition) is 0. The summed E-state index contributed by atoms with van der Waals surface area (Å²) >= 11 is 1.58. The quantitative estimate of drug-likeness (QED) is 0.340. The third-order valence-electron chi connectivity index (χ3n) is 2.94. The van der Waals surface area contributed by atoms with E-state index in [2.05, 4.69) is 6.58 Å². The minimum absolute atomic E-state index is 0.143. The SMILES string of the molecule is C=CC(=O)Oc1ccc(Sc2ccc(C(=O)CC)cc2)cc1. The number of carbonyl (C=O) groups excluding carboxylic acids is 2. The monoisotopic (exact) mass is 312 g/mol. The minimum Gasteiger partial charge on any atom is -0.423 e. The van der Waals surface area contributed by atoms with Crippen molar-refractivity contribution in [2.45, 2.75) is 23.1 Å². The first-order valence-electron chi connectivity index (χ1n) is 6.88. The first kappa shape index (κ1) is 16.0. The molecule has 0 atom stereocenters. The van der Waals surface area contributed by atoms with Crippen LogP contribution >= 0.6 is 11.8 Å². The van der Waals surface area contributed by atoms with Crippen molar-refractivity contribution < 1.29 is 14.3 Å². The summed E-state index contributed by atoms with van der Waals surface area (Å²) in [6.07, 6.45) is 1.64. The van der Waals surface area contributed by atoms with Crippen molar-refractivity contribution in [1.82, 2.24) is 0 Å². The van der Waals surface area contributed by atoms with Crippen molar-refractivity contribution >= 4 is 23.5 Å². The van der Waals surface area contributed by atoms with Gasteiger partial charge in [0.15, 0.2) is 5.78 Å². The van der Waals surface area contributed by atoms with Crippen LogP contribution in [0.4, 0.5) is 0 Å². The van der Waals surface area contributed by atoms with Gasteiger partial charge >= 0.3 is 5.97 Å². The van der Waals surface area contributed by atoms with Gasteiger partial charge in [0.05, 0.1) is 0 Å². The molecule has 0 fully saturated rings. The first-order valence-corrected chi connectivity index (χ1v) is 7.69. The molecule has 0 saturated heterocycles. The molecule has 0 spiro atoms. The molecule has 4 heteroatoms. The molecule has 3 nitrogen and oxygen atoms in total. The van der Waals surface area contributed by atoms with Gasteiger partial charge < -0.3 is 4.74 Å². The Kier molecular flexibility index (Phi) is 5.55. The summed E-state index contributed by atoms with van der Waals surface area (Å²) in [7, 11) is 0. The molecule has 0 unspecified atom stereocenters. The van der Waals surface area contributed by atoms with Crippen LogP contribution in [0.1, 0.15) is 23.7 Å². The predicted octanol–water partition coefficient (Wildman–Crippen LogP) is 4.52. The summed E-state index contributed by atoms with van der Waals surface area (Å²) in [6, 6.07) is 14.8. The highest BCUT2D eigenvalue weighted by Crippen LogP contribution is 2.29. The Morgan fingerprint density at radius 3 is 2.09 bits per heavy atom. The Morgan fingerprint density at radius 2 is 1.59 bits per heavy atom. The zero-order valence-electron chi connectivity index (χ0n) is 12.2. The number of rotatable bonds is 6. The number of esters is 1. The van der Waals surface area contributed by atoms with Crippen LogP contribution in [0.15, 0.2) is 71.0 Å². The number of carbonyl (C=O) groups is 2. The van der Waals surface area contributed by atoms with Gasteiger partial charge in [-0.25, -0.2) is 4.79 Å². The highest BCUT2D eigenvalue weighted by atomic mass is 32.2. The highest BCUT2D eigenvalue weighted by Gasteiger charge is 2.04. The fraction of sp³-hybridized carbons (Fsp3) is 0.111. The third-order valence-corrected chi connectivity index (χ3v) is 3.96. The number of ketones is 1. The lowest BCUT2D eigenvalue weighted by atomic mass is 10.1. The fourth-order valence-corrected chi connectivity index (χ4v) is 2.60. The molecule has 0 N–H and O–H groups in total. The second-order valence-corrected chi connectivity index (χ2v) is 5.65. The van der Waals surface area contributed by atoms with Crippen LogP contribution in [-0.2, 0) is 4.79 Å². The lowest BCUT2D eigenvalue weighted by Gasteiger charge is -2.05. The molecule has 0 aliphatic heterocycles. The average molecular weight is 312 g/mol. The van der Waals surface area contributed by atoms with E-state index in [1.54, 1.807) is 23.9 Å². The number of Topliss-reactive ketones (excluding diaryl/α,β-unsaturated/α-hetero) is 1. The lowest BCUT2D eigenvalue weighted by Crippen LogP contribution is -2.02. The van der Waals surface area contributed by atoms with Gasteiger partial charge in [-0.1, -0.05) is 37.4 Å². The molecule has 0 aliphatic carbocycles. The number of hydrogen-bond acceptors (Lipinski definition) is 4. The second kappa shape index (κ2) is 7.61. The Morgan fingerprint density at radius 1 is 1.05 bits per heavy atom. The summed E-state index contributed by atoms with van der Waals surface area (Å²) < 4.78 is 5.02. The summed E-state index contributed by atoms with van der Waals surface area (Å²) in [5, 5.41) is 0. The Labute approximate surface area is 134 Å². The lowest BCUT2D eigenvalue weighted by molar-refractivity contribution is -0.128. The summed E-state index contributed by atoms with van der Waals surface area (Å²) in [6.45, 7) is 5.21. The van der Waals surface area contributed by atoms with Crippen LogP contribution in [0.2, 0.25) is 0 Å². The van der Waals surface area contributed by atoms with Crippen LogP contribution in [0.25, 0.3) is 0 Å². The molecule has 112 valence electrons. The largest absolute Gasteiger partial charge is 0.423 e.